The molecule has 2 aromatic rings. The van der Waals surface area contributed by atoms with Crippen LogP contribution in [-0.2, 0) is 4.74 Å². The second kappa shape index (κ2) is 4.12. The molecule has 1 N–H and O–H groups in total. The van der Waals surface area contributed by atoms with Crippen molar-refractivity contribution in [1.82, 2.24) is 19.9 Å². The number of hydrogen-bond donors (Lipinski definition) is 1. The molecule has 1 unspecified atom stereocenters. The summed E-state index contributed by atoms with van der Waals surface area (Å²) >= 11 is 3.45. The smallest absolute Gasteiger partial charge is 0.175 e. The molecule has 0 amide bonds. The van der Waals surface area contributed by atoms with Crippen molar-refractivity contribution in [3.63, 3.8) is 0 Å². The molecule has 3 rings (SSSR count). The Morgan fingerprint density at radius 1 is 1.50 bits per heavy atom. The molecule has 1 aliphatic rings. The number of halogens is 1. The average Bonchev–Trinajstić information content (AvgIpc) is 2.75. The van der Waals surface area contributed by atoms with Gasteiger partial charge in [0.2, 0.25) is 0 Å². The van der Waals surface area contributed by atoms with E-state index in [1.807, 2.05) is 22.7 Å². The zero-order chi connectivity index (χ0) is 11.0. The van der Waals surface area contributed by atoms with Gasteiger partial charge in [-0.2, -0.15) is 0 Å². The van der Waals surface area contributed by atoms with Crippen LogP contribution >= 0.6 is 15.9 Å². The van der Waals surface area contributed by atoms with Gasteiger partial charge in [-0.05, 0) is 28.1 Å². The van der Waals surface area contributed by atoms with E-state index in [4.69, 9.17) is 4.74 Å². The van der Waals surface area contributed by atoms with Gasteiger partial charge in [0.15, 0.2) is 11.5 Å². The number of ether oxygens (including phenoxy) is 1. The highest BCUT2D eigenvalue weighted by atomic mass is 79.9. The van der Waals surface area contributed by atoms with Crippen LogP contribution in [0.4, 0.5) is 0 Å². The molecule has 1 fully saturated rings. The highest BCUT2D eigenvalue weighted by Gasteiger charge is 2.21. The Hall–Kier alpha value is -0.980. The first-order valence-corrected chi connectivity index (χ1v) is 5.97. The maximum absolute atomic E-state index is 5.67. The maximum Gasteiger partial charge on any atom is 0.175 e. The van der Waals surface area contributed by atoms with Crippen LogP contribution in [0.3, 0.4) is 0 Å². The maximum atomic E-state index is 5.67. The minimum absolute atomic E-state index is 0.0157. The van der Waals surface area contributed by atoms with E-state index in [1.165, 1.54) is 0 Å². The van der Waals surface area contributed by atoms with E-state index >= 15 is 0 Å². The van der Waals surface area contributed by atoms with Gasteiger partial charge in [0.25, 0.3) is 0 Å². The first-order valence-electron chi connectivity index (χ1n) is 5.18. The van der Waals surface area contributed by atoms with E-state index in [0.717, 1.165) is 29.0 Å². The van der Waals surface area contributed by atoms with Gasteiger partial charge in [-0.1, -0.05) is 0 Å². The number of fused-ring (bicyclic) bond motifs is 1. The summed E-state index contributed by atoms with van der Waals surface area (Å²) in [5.74, 6) is 0.850. The van der Waals surface area contributed by atoms with Crippen molar-refractivity contribution in [2.24, 2.45) is 0 Å². The highest BCUT2D eigenvalue weighted by molar-refractivity contribution is 9.10. The van der Waals surface area contributed by atoms with Crippen LogP contribution in [0.2, 0.25) is 0 Å². The molecule has 3 heterocycles. The van der Waals surface area contributed by atoms with Crippen molar-refractivity contribution in [2.45, 2.75) is 6.10 Å². The van der Waals surface area contributed by atoms with E-state index in [2.05, 4.69) is 31.4 Å². The molecule has 0 bridgehead atoms. The fourth-order valence-corrected chi connectivity index (χ4v) is 2.28. The van der Waals surface area contributed by atoms with Gasteiger partial charge in [-0.3, -0.25) is 4.40 Å². The molecule has 5 nitrogen and oxygen atoms in total. The van der Waals surface area contributed by atoms with Gasteiger partial charge >= 0.3 is 0 Å². The number of morpholine rings is 1. The minimum atomic E-state index is -0.0157. The number of nitrogens with zero attached hydrogens (tertiary/aromatic N) is 3. The van der Waals surface area contributed by atoms with Crippen LogP contribution in [0.1, 0.15) is 11.9 Å². The first-order chi connectivity index (χ1) is 7.86. The molecule has 0 aliphatic carbocycles. The molecule has 0 aromatic carbocycles. The zero-order valence-electron chi connectivity index (χ0n) is 8.56. The number of nitrogens with one attached hydrogen (secondary N) is 1. The van der Waals surface area contributed by atoms with Gasteiger partial charge in [0.05, 0.1) is 11.1 Å². The predicted molar refractivity (Wildman–Crippen MR) is 62.2 cm³/mol. The average molecular weight is 283 g/mol. The SMILES string of the molecule is Brc1cccn2c(C3CNCCO3)nnc12. The second-order valence-corrected chi connectivity index (χ2v) is 4.53. The number of rotatable bonds is 1. The van der Waals surface area contributed by atoms with Crippen molar-refractivity contribution >= 4 is 21.6 Å². The third-order valence-corrected chi connectivity index (χ3v) is 3.25. The largest absolute Gasteiger partial charge is 0.368 e. The van der Waals surface area contributed by atoms with Crippen LogP contribution in [-0.4, -0.2) is 34.3 Å². The lowest BCUT2D eigenvalue weighted by atomic mass is 10.3. The normalized spacial score (nSPS) is 21.4. The van der Waals surface area contributed by atoms with Crippen LogP contribution in [0.5, 0.6) is 0 Å². The monoisotopic (exact) mass is 282 g/mol. The summed E-state index contributed by atoms with van der Waals surface area (Å²) in [4.78, 5) is 0. The number of hydrogen-bond acceptors (Lipinski definition) is 4. The Kier molecular flexibility index (Phi) is 2.62. The Balaban J connectivity index is 2.06. The molecule has 0 saturated carbocycles. The van der Waals surface area contributed by atoms with Crippen molar-refractivity contribution in [2.75, 3.05) is 19.7 Å². The fourth-order valence-electron chi connectivity index (χ4n) is 1.85. The number of pyridine rings is 1. The highest BCUT2D eigenvalue weighted by Crippen LogP contribution is 2.21. The molecule has 1 atom stereocenters. The topological polar surface area (TPSA) is 51.5 Å². The lowest BCUT2D eigenvalue weighted by Crippen LogP contribution is -2.34. The standard InChI is InChI=1S/C10H11BrN4O/c11-7-2-1-4-15-9(7)13-14-10(15)8-6-12-3-5-16-8/h1-2,4,8,12H,3,5-6H2. The van der Waals surface area contributed by atoms with Gasteiger partial charge < -0.3 is 10.1 Å². The van der Waals surface area contributed by atoms with Crippen LogP contribution in [0, 0.1) is 0 Å². The van der Waals surface area contributed by atoms with E-state index in [1.54, 1.807) is 0 Å². The lowest BCUT2D eigenvalue weighted by molar-refractivity contribution is 0.0215. The predicted octanol–water partition coefficient (Wildman–Crippen LogP) is 1.15. The Morgan fingerprint density at radius 2 is 2.44 bits per heavy atom. The molecular formula is C10H11BrN4O. The molecule has 0 spiro atoms. The molecule has 2 aromatic heterocycles. The Labute approximate surface area is 101 Å². The molecule has 16 heavy (non-hydrogen) atoms. The van der Waals surface area contributed by atoms with Crippen molar-refractivity contribution in [1.29, 1.82) is 0 Å². The van der Waals surface area contributed by atoms with Crippen LogP contribution < -0.4 is 5.32 Å². The summed E-state index contributed by atoms with van der Waals surface area (Å²) < 4.78 is 8.57. The molecule has 6 heteroatoms. The first kappa shape index (κ1) is 10.2. The van der Waals surface area contributed by atoms with Gasteiger partial charge in [-0.15, -0.1) is 10.2 Å². The van der Waals surface area contributed by atoms with Crippen molar-refractivity contribution < 1.29 is 4.74 Å². The van der Waals surface area contributed by atoms with E-state index < -0.39 is 0 Å². The number of aromatic nitrogens is 3. The minimum Gasteiger partial charge on any atom is -0.368 e. The molecule has 1 saturated heterocycles. The lowest BCUT2D eigenvalue weighted by Gasteiger charge is -2.22. The summed E-state index contributed by atoms with van der Waals surface area (Å²) in [5, 5.41) is 11.6. The van der Waals surface area contributed by atoms with Crippen molar-refractivity contribution in [3.05, 3.63) is 28.6 Å². The summed E-state index contributed by atoms with van der Waals surface area (Å²) in [6.07, 6.45) is 1.94. The fraction of sp³-hybridized carbons (Fsp3) is 0.400. The summed E-state index contributed by atoms with van der Waals surface area (Å²) in [7, 11) is 0. The third kappa shape index (κ3) is 1.63. The molecule has 0 radical (unpaired) electrons. The summed E-state index contributed by atoms with van der Waals surface area (Å²) in [5.41, 5.74) is 0.826. The Morgan fingerprint density at radius 3 is 3.25 bits per heavy atom. The quantitative estimate of drug-likeness (QED) is 0.853. The van der Waals surface area contributed by atoms with E-state index in [0.29, 0.717) is 6.61 Å². The second-order valence-electron chi connectivity index (χ2n) is 3.67. The van der Waals surface area contributed by atoms with Crippen molar-refractivity contribution in [3.8, 4) is 0 Å². The zero-order valence-corrected chi connectivity index (χ0v) is 10.1. The van der Waals surface area contributed by atoms with E-state index in [9.17, 15) is 0 Å². The van der Waals surface area contributed by atoms with Crippen LogP contribution in [0.15, 0.2) is 22.8 Å². The molecule has 1 aliphatic heterocycles. The molecule has 84 valence electrons. The third-order valence-electron chi connectivity index (χ3n) is 2.63. The van der Waals surface area contributed by atoms with Gasteiger partial charge in [-0.25, -0.2) is 0 Å². The molecular weight excluding hydrogens is 272 g/mol. The Bertz CT molecular complexity index is 506. The summed E-state index contributed by atoms with van der Waals surface area (Å²) in [6.45, 7) is 2.40. The van der Waals surface area contributed by atoms with Gasteiger partial charge in [0.1, 0.15) is 6.10 Å². The summed E-state index contributed by atoms with van der Waals surface area (Å²) in [6, 6.07) is 3.91. The van der Waals surface area contributed by atoms with E-state index in [-0.39, 0.29) is 6.10 Å². The van der Waals surface area contributed by atoms with Crippen LogP contribution in [0.25, 0.3) is 5.65 Å². The van der Waals surface area contributed by atoms with Gasteiger partial charge in [0, 0.05) is 19.3 Å².